The SMILES string of the molecule is CCOC(=O)CNCC(=O)N1CCCC1. The van der Waals surface area contributed by atoms with Gasteiger partial charge in [-0.05, 0) is 19.8 Å². The maximum atomic E-state index is 11.5. The Morgan fingerprint density at radius 3 is 2.53 bits per heavy atom. The molecule has 1 aliphatic rings. The third-order valence-electron chi connectivity index (χ3n) is 2.31. The van der Waals surface area contributed by atoms with Gasteiger partial charge in [0.25, 0.3) is 0 Å². The number of hydrogen-bond acceptors (Lipinski definition) is 4. The van der Waals surface area contributed by atoms with Crippen molar-refractivity contribution < 1.29 is 14.3 Å². The van der Waals surface area contributed by atoms with Gasteiger partial charge >= 0.3 is 5.97 Å². The Morgan fingerprint density at radius 2 is 1.93 bits per heavy atom. The van der Waals surface area contributed by atoms with E-state index in [2.05, 4.69) is 5.32 Å². The molecule has 1 amide bonds. The van der Waals surface area contributed by atoms with Gasteiger partial charge in [0.15, 0.2) is 0 Å². The summed E-state index contributed by atoms with van der Waals surface area (Å²) in [5.41, 5.74) is 0. The highest BCUT2D eigenvalue weighted by molar-refractivity contribution is 5.79. The van der Waals surface area contributed by atoms with E-state index in [9.17, 15) is 9.59 Å². The van der Waals surface area contributed by atoms with E-state index in [0.717, 1.165) is 25.9 Å². The second-order valence-corrected chi connectivity index (χ2v) is 3.50. The maximum absolute atomic E-state index is 11.5. The zero-order valence-corrected chi connectivity index (χ0v) is 9.12. The summed E-state index contributed by atoms with van der Waals surface area (Å²) in [6, 6.07) is 0. The Hall–Kier alpha value is -1.10. The number of ether oxygens (including phenoxy) is 1. The molecule has 0 aromatic carbocycles. The van der Waals surface area contributed by atoms with E-state index in [1.54, 1.807) is 6.92 Å². The van der Waals surface area contributed by atoms with Gasteiger partial charge in [0, 0.05) is 13.1 Å². The minimum Gasteiger partial charge on any atom is -0.465 e. The van der Waals surface area contributed by atoms with Crippen molar-refractivity contribution in [2.24, 2.45) is 0 Å². The van der Waals surface area contributed by atoms with Crippen LogP contribution in [0.3, 0.4) is 0 Å². The van der Waals surface area contributed by atoms with Crippen LogP contribution >= 0.6 is 0 Å². The van der Waals surface area contributed by atoms with Gasteiger partial charge in [0.1, 0.15) is 0 Å². The molecule has 0 bridgehead atoms. The van der Waals surface area contributed by atoms with Gasteiger partial charge in [-0.15, -0.1) is 0 Å². The molecule has 0 saturated carbocycles. The number of amides is 1. The number of rotatable bonds is 5. The average Bonchev–Trinajstić information content (AvgIpc) is 2.70. The maximum Gasteiger partial charge on any atom is 0.319 e. The zero-order chi connectivity index (χ0) is 11.1. The first-order chi connectivity index (χ1) is 7.24. The molecule has 1 saturated heterocycles. The third kappa shape index (κ3) is 4.29. The van der Waals surface area contributed by atoms with E-state index in [-0.39, 0.29) is 25.0 Å². The summed E-state index contributed by atoms with van der Waals surface area (Å²) in [6.45, 7) is 4.15. The third-order valence-corrected chi connectivity index (χ3v) is 2.31. The highest BCUT2D eigenvalue weighted by atomic mass is 16.5. The molecule has 5 heteroatoms. The summed E-state index contributed by atoms with van der Waals surface area (Å²) in [5.74, 6) is -0.247. The van der Waals surface area contributed by atoms with E-state index in [0.29, 0.717) is 6.61 Å². The molecular formula is C10H18N2O3. The Morgan fingerprint density at radius 1 is 1.27 bits per heavy atom. The highest BCUT2D eigenvalue weighted by Crippen LogP contribution is 2.06. The molecule has 86 valence electrons. The van der Waals surface area contributed by atoms with Crippen LogP contribution in [0.2, 0.25) is 0 Å². The molecule has 0 spiro atoms. The number of nitrogens with zero attached hydrogens (tertiary/aromatic N) is 1. The van der Waals surface area contributed by atoms with Crippen molar-refractivity contribution in [2.45, 2.75) is 19.8 Å². The Labute approximate surface area is 89.8 Å². The minimum atomic E-state index is -0.313. The fourth-order valence-electron chi connectivity index (χ4n) is 1.56. The molecule has 1 rings (SSSR count). The van der Waals surface area contributed by atoms with Gasteiger partial charge in [-0.2, -0.15) is 0 Å². The first-order valence-electron chi connectivity index (χ1n) is 5.38. The quantitative estimate of drug-likeness (QED) is 0.642. The molecule has 15 heavy (non-hydrogen) atoms. The summed E-state index contributed by atoms with van der Waals surface area (Å²) in [4.78, 5) is 24.2. The Balaban J connectivity index is 2.08. The van der Waals surface area contributed by atoms with Crippen LogP contribution in [0.15, 0.2) is 0 Å². The van der Waals surface area contributed by atoms with Crippen LogP contribution in [-0.2, 0) is 14.3 Å². The second-order valence-electron chi connectivity index (χ2n) is 3.50. The van der Waals surface area contributed by atoms with Crippen molar-refractivity contribution in [3.05, 3.63) is 0 Å². The first-order valence-corrected chi connectivity index (χ1v) is 5.38. The van der Waals surface area contributed by atoms with Gasteiger partial charge < -0.3 is 9.64 Å². The topological polar surface area (TPSA) is 58.6 Å². The molecule has 0 aromatic heterocycles. The molecule has 0 atom stereocenters. The number of esters is 1. The van der Waals surface area contributed by atoms with Crippen LogP contribution in [0.1, 0.15) is 19.8 Å². The van der Waals surface area contributed by atoms with Crippen LogP contribution in [0.4, 0.5) is 0 Å². The van der Waals surface area contributed by atoms with E-state index in [1.807, 2.05) is 4.90 Å². The molecule has 0 aromatic rings. The number of hydrogen-bond donors (Lipinski definition) is 1. The highest BCUT2D eigenvalue weighted by Gasteiger charge is 2.17. The molecule has 1 fully saturated rings. The molecule has 1 aliphatic heterocycles. The number of likely N-dealkylation sites (tertiary alicyclic amines) is 1. The van der Waals surface area contributed by atoms with Crippen LogP contribution in [-0.4, -0.2) is 49.6 Å². The fourth-order valence-corrected chi connectivity index (χ4v) is 1.56. The monoisotopic (exact) mass is 214 g/mol. The predicted molar refractivity (Wildman–Crippen MR) is 55.3 cm³/mol. The van der Waals surface area contributed by atoms with Crippen molar-refractivity contribution in [3.8, 4) is 0 Å². The molecule has 1 N–H and O–H groups in total. The number of carbonyl (C=O) groups is 2. The minimum absolute atomic E-state index is 0.0665. The first kappa shape index (κ1) is 12.0. The molecule has 0 unspecified atom stereocenters. The van der Waals surface area contributed by atoms with E-state index in [4.69, 9.17) is 4.74 Å². The van der Waals surface area contributed by atoms with Gasteiger partial charge in [-0.1, -0.05) is 0 Å². The van der Waals surface area contributed by atoms with Crippen molar-refractivity contribution in [1.82, 2.24) is 10.2 Å². The lowest BCUT2D eigenvalue weighted by atomic mass is 10.4. The van der Waals surface area contributed by atoms with Crippen LogP contribution < -0.4 is 5.32 Å². The lowest BCUT2D eigenvalue weighted by Crippen LogP contribution is -2.38. The van der Waals surface area contributed by atoms with E-state index >= 15 is 0 Å². The summed E-state index contributed by atoms with van der Waals surface area (Å²) in [6.07, 6.45) is 2.17. The van der Waals surface area contributed by atoms with Crippen molar-refractivity contribution in [2.75, 3.05) is 32.8 Å². The number of carbonyl (C=O) groups excluding carboxylic acids is 2. The molecule has 5 nitrogen and oxygen atoms in total. The van der Waals surface area contributed by atoms with Crippen molar-refractivity contribution >= 4 is 11.9 Å². The molecule has 0 aliphatic carbocycles. The normalized spacial score (nSPS) is 15.4. The van der Waals surface area contributed by atoms with Gasteiger partial charge in [0.2, 0.25) is 5.91 Å². The van der Waals surface area contributed by atoms with Gasteiger partial charge in [-0.3, -0.25) is 14.9 Å². The summed E-state index contributed by atoms with van der Waals surface area (Å²) >= 11 is 0. The summed E-state index contributed by atoms with van der Waals surface area (Å²) < 4.78 is 4.72. The lowest BCUT2D eigenvalue weighted by molar-refractivity contribution is -0.142. The van der Waals surface area contributed by atoms with E-state index < -0.39 is 0 Å². The molecular weight excluding hydrogens is 196 g/mol. The fraction of sp³-hybridized carbons (Fsp3) is 0.800. The smallest absolute Gasteiger partial charge is 0.319 e. The van der Waals surface area contributed by atoms with Crippen LogP contribution in [0, 0.1) is 0 Å². The van der Waals surface area contributed by atoms with Gasteiger partial charge in [0.05, 0.1) is 19.7 Å². The van der Waals surface area contributed by atoms with E-state index in [1.165, 1.54) is 0 Å². The van der Waals surface area contributed by atoms with Crippen LogP contribution in [0.5, 0.6) is 0 Å². The summed E-state index contributed by atoms with van der Waals surface area (Å²) in [5, 5.41) is 2.78. The summed E-state index contributed by atoms with van der Waals surface area (Å²) in [7, 11) is 0. The lowest BCUT2D eigenvalue weighted by Gasteiger charge is -2.15. The van der Waals surface area contributed by atoms with Crippen LogP contribution in [0.25, 0.3) is 0 Å². The second kappa shape index (κ2) is 6.40. The number of nitrogens with one attached hydrogen (secondary N) is 1. The average molecular weight is 214 g/mol. The standard InChI is InChI=1S/C10H18N2O3/c1-2-15-10(14)8-11-7-9(13)12-5-3-4-6-12/h11H,2-8H2,1H3. The van der Waals surface area contributed by atoms with Gasteiger partial charge in [-0.25, -0.2) is 0 Å². The largest absolute Gasteiger partial charge is 0.465 e. The predicted octanol–water partition coefficient (Wildman–Crippen LogP) is -0.238. The molecule has 1 heterocycles. The van der Waals surface area contributed by atoms with Crippen molar-refractivity contribution in [1.29, 1.82) is 0 Å². The Bertz CT molecular complexity index is 225. The van der Waals surface area contributed by atoms with Crippen molar-refractivity contribution in [3.63, 3.8) is 0 Å². The Kier molecular flexibility index (Phi) is 5.10. The molecule has 0 radical (unpaired) electrons. The zero-order valence-electron chi connectivity index (χ0n) is 9.12.